The topological polar surface area (TPSA) is 69.7 Å². The Hall–Kier alpha value is -3.94. The van der Waals surface area contributed by atoms with Crippen molar-refractivity contribution in [3.05, 3.63) is 84.2 Å². The van der Waals surface area contributed by atoms with Gasteiger partial charge in [-0.1, -0.05) is 63.2 Å². The predicted octanol–water partition coefficient (Wildman–Crippen LogP) is 7.28. The van der Waals surface area contributed by atoms with Crippen molar-refractivity contribution in [2.24, 2.45) is 0 Å². The molecule has 0 aliphatic carbocycles. The summed E-state index contributed by atoms with van der Waals surface area (Å²) in [5, 5.41) is 8.39. The Morgan fingerprint density at radius 1 is 0.857 bits per heavy atom. The number of rotatable bonds is 6. The second kappa shape index (κ2) is 12.1. The van der Waals surface area contributed by atoms with E-state index in [1.165, 1.54) is 18.4 Å². The molecule has 6 rings (SSSR count). The second-order valence-electron chi connectivity index (χ2n) is 12.4. The summed E-state index contributed by atoms with van der Waals surface area (Å²) in [4.78, 5) is 23.0. The number of carbonyl (C=O) groups is 1. The van der Waals surface area contributed by atoms with E-state index in [-0.39, 0.29) is 11.4 Å². The molecule has 0 saturated carbocycles. The maximum absolute atomic E-state index is 13.4. The van der Waals surface area contributed by atoms with E-state index in [1.54, 1.807) is 0 Å². The first-order valence-corrected chi connectivity index (χ1v) is 15.1. The van der Waals surface area contributed by atoms with Gasteiger partial charge in [-0.15, -0.1) is 0 Å². The molecule has 7 nitrogen and oxygen atoms in total. The maximum Gasteiger partial charge on any atom is 0.323 e. The summed E-state index contributed by atoms with van der Waals surface area (Å²) in [7, 11) is 0. The number of nitrogens with zero attached hydrogens (tertiary/aromatic N) is 3. The van der Waals surface area contributed by atoms with Crippen molar-refractivity contribution in [1.29, 1.82) is 0 Å². The van der Waals surface area contributed by atoms with Crippen molar-refractivity contribution in [3.8, 4) is 11.1 Å². The minimum atomic E-state index is -0.242. The van der Waals surface area contributed by atoms with E-state index in [4.69, 9.17) is 9.72 Å². The predicted molar refractivity (Wildman–Crippen MR) is 173 cm³/mol. The molecule has 218 valence electrons. The zero-order valence-corrected chi connectivity index (χ0v) is 25.0. The van der Waals surface area contributed by atoms with Crippen LogP contribution in [0.4, 0.5) is 21.9 Å². The zero-order chi connectivity index (χ0) is 29.1. The van der Waals surface area contributed by atoms with E-state index in [2.05, 4.69) is 89.7 Å². The van der Waals surface area contributed by atoms with E-state index in [9.17, 15) is 4.79 Å². The van der Waals surface area contributed by atoms with Crippen molar-refractivity contribution in [2.75, 3.05) is 54.9 Å². The Bertz CT molecular complexity index is 1550. The minimum Gasteiger partial charge on any atom is -0.379 e. The molecule has 2 N–H and O–H groups in total. The Balaban J connectivity index is 1.23. The van der Waals surface area contributed by atoms with Gasteiger partial charge in [0.25, 0.3) is 0 Å². The molecule has 7 heteroatoms. The summed E-state index contributed by atoms with van der Waals surface area (Å²) >= 11 is 0. The third kappa shape index (κ3) is 6.27. The van der Waals surface area contributed by atoms with Crippen LogP contribution in [0, 0.1) is 0 Å². The van der Waals surface area contributed by atoms with Crippen molar-refractivity contribution >= 4 is 33.9 Å². The first-order valence-electron chi connectivity index (χ1n) is 15.1. The molecule has 42 heavy (non-hydrogen) atoms. The molecule has 3 aromatic carbocycles. The summed E-state index contributed by atoms with van der Waals surface area (Å²) in [6.45, 7) is 12.9. The van der Waals surface area contributed by atoms with Gasteiger partial charge in [-0.2, -0.15) is 0 Å². The van der Waals surface area contributed by atoms with Crippen LogP contribution in [0.15, 0.2) is 72.9 Å². The van der Waals surface area contributed by atoms with E-state index in [1.807, 2.05) is 24.4 Å². The number of morpholine rings is 1. The molecule has 1 aromatic heterocycles. The van der Waals surface area contributed by atoms with Crippen LogP contribution in [0.3, 0.4) is 0 Å². The molecule has 0 spiro atoms. The number of urea groups is 1. The van der Waals surface area contributed by atoms with Gasteiger partial charge >= 0.3 is 6.03 Å². The molecule has 2 saturated heterocycles. The highest BCUT2D eigenvalue weighted by Crippen LogP contribution is 2.36. The number of pyridine rings is 1. The van der Waals surface area contributed by atoms with E-state index in [0.29, 0.717) is 0 Å². The summed E-state index contributed by atoms with van der Waals surface area (Å²) < 4.78 is 5.47. The van der Waals surface area contributed by atoms with E-state index < -0.39 is 0 Å². The number of fused-ring (bicyclic) bond motifs is 1. The van der Waals surface area contributed by atoms with Crippen LogP contribution in [-0.2, 0) is 16.7 Å². The normalized spacial score (nSPS) is 16.1. The minimum absolute atomic E-state index is 0.0158. The lowest BCUT2D eigenvalue weighted by Crippen LogP contribution is -2.35. The van der Waals surface area contributed by atoms with Gasteiger partial charge in [0.2, 0.25) is 0 Å². The molecule has 2 aliphatic heterocycles. The lowest BCUT2D eigenvalue weighted by molar-refractivity contribution is 0.0336. The van der Waals surface area contributed by atoms with Crippen LogP contribution in [0.2, 0.25) is 0 Å². The quantitative estimate of drug-likeness (QED) is 0.258. The molecule has 3 heterocycles. The van der Waals surface area contributed by atoms with Crippen LogP contribution in [0.25, 0.3) is 21.9 Å². The molecule has 0 unspecified atom stereocenters. The average Bonchev–Trinajstić information content (AvgIpc) is 3.53. The Morgan fingerprint density at radius 2 is 1.60 bits per heavy atom. The van der Waals surface area contributed by atoms with Gasteiger partial charge in [0.1, 0.15) is 0 Å². The molecule has 2 fully saturated rings. The fourth-order valence-corrected chi connectivity index (χ4v) is 5.94. The number of benzene rings is 3. The van der Waals surface area contributed by atoms with E-state index in [0.717, 1.165) is 90.6 Å². The van der Waals surface area contributed by atoms with Crippen LogP contribution in [0.1, 0.15) is 44.9 Å². The van der Waals surface area contributed by atoms with Crippen molar-refractivity contribution < 1.29 is 9.53 Å². The number of ether oxygens (including phenoxy) is 1. The second-order valence-corrected chi connectivity index (χ2v) is 12.4. The molecule has 0 atom stereocenters. The van der Waals surface area contributed by atoms with E-state index >= 15 is 0 Å². The highest BCUT2D eigenvalue weighted by Gasteiger charge is 2.21. The summed E-state index contributed by atoms with van der Waals surface area (Å²) in [5.74, 6) is 0. The lowest BCUT2D eigenvalue weighted by Gasteiger charge is -2.26. The zero-order valence-electron chi connectivity index (χ0n) is 25.0. The van der Waals surface area contributed by atoms with Gasteiger partial charge < -0.3 is 20.3 Å². The number of hydrogen-bond acceptors (Lipinski definition) is 5. The first-order chi connectivity index (χ1) is 20.3. The van der Waals surface area contributed by atoms with Crippen LogP contribution >= 0.6 is 0 Å². The number of carbonyl (C=O) groups excluding carboxylic acids is 1. The Labute approximate surface area is 248 Å². The number of aromatic nitrogens is 1. The molecule has 0 bridgehead atoms. The van der Waals surface area contributed by atoms with Gasteiger partial charge in [0.05, 0.1) is 36.0 Å². The summed E-state index contributed by atoms with van der Waals surface area (Å²) in [5.41, 5.74) is 7.10. The Morgan fingerprint density at radius 3 is 2.31 bits per heavy atom. The lowest BCUT2D eigenvalue weighted by atomic mass is 9.86. The fraction of sp³-hybridized carbons (Fsp3) is 0.371. The highest BCUT2D eigenvalue weighted by molar-refractivity contribution is 6.10. The van der Waals surface area contributed by atoms with Gasteiger partial charge in [-0.3, -0.25) is 9.88 Å². The molecule has 4 aromatic rings. The summed E-state index contributed by atoms with van der Waals surface area (Å²) in [6, 6.07) is 22.8. The molecular weight excluding hydrogens is 522 g/mol. The molecular formula is C35H41N5O2. The van der Waals surface area contributed by atoms with Crippen LogP contribution in [-0.4, -0.2) is 55.3 Å². The van der Waals surface area contributed by atoms with Crippen molar-refractivity contribution in [3.63, 3.8) is 0 Å². The maximum atomic E-state index is 13.4. The largest absolute Gasteiger partial charge is 0.379 e. The highest BCUT2D eigenvalue weighted by atomic mass is 16.5. The van der Waals surface area contributed by atoms with Gasteiger partial charge in [-0.05, 0) is 59.0 Å². The van der Waals surface area contributed by atoms with Crippen LogP contribution < -0.4 is 15.5 Å². The Kier molecular flexibility index (Phi) is 8.13. The van der Waals surface area contributed by atoms with Crippen molar-refractivity contribution in [2.45, 2.75) is 45.6 Å². The number of nitrogens with one attached hydrogen (secondary N) is 2. The SMILES string of the molecule is CC(C)(C)c1ccc(N2CCCC2)c(NC(=O)Nc2ccc(-c3ccc(CN4CCOCC4)nc3)c3ccccc23)c1. The molecule has 2 aliphatic rings. The number of amides is 2. The average molecular weight is 564 g/mol. The van der Waals surface area contributed by atoms with Gasteiger partial charge in [0, 0.05) is 49.9 Å². The third-order valence-electron chi connectivity index (χ3n) is 8.35. The first kappa shape index (κ1) is 28.2. The monoisotopic (exact) mass is 563 g/mol. The number of hydrogen-bond donors (Lipinski definition) is 2. The standard InChI is InChI=1S/C35H41N5O2/c1-35(2,3)26-11-15-33(40-16-6-7-17-40)32(22-26)38-34(41)37-31-14-13-28(29-8-4-5-9-30(29)31)25-10-12-27(36-23-25)24-39-18-20-42-21-19-39/h4-5,8-15,22-23H,6-7,16-21,24H2,1-3H3,(H2,37,38,41). The third-order valence-corrected chi connectivity index (χ3v) is 8.35. The van der Waals surface area contributed by atoms with Crippen molar-refractivity contribution in [1.82, 2.24) is 9.88 Å². The smallest absolute Gasteiger partial charge is 0.323 e. The van der Waals surface area contributed by atoms with Crippen LogP contribution in [0.5, 0.6) is 0 Å². The number of anilines is 3. The molecule has 0 radical (unpaired) electrons. The van der Waals surface area contributed by atoms with Gasteiger partial charge in [0.15, 0.2) is 0 Å². The molecule has 2 amide bonds. The fourth-order valence-electron chi connectivity index (χ4n) is 5.94. The van der Waals surface area contributed by atoms with Gasteiger partial charge in [-0.25, -0.2) is 4.79 Å². The summed E-state index contributed by atoms with van der Waals surface area (Å²) in [6.07, 6.45) is 4.31.